The molecule has 1 aromatic rings. The first-order valence-corrected chi connectivity index (χ1v) is 6.55. The van der Waals surface area contributed by atoms with Gasteiger partial charge in [0.15, 0.2) is 0 Å². The van der Waals surface area contributed by atoms with Gasteiger partial charge in [-0.2, -0.15) is 0 Å². The van der Waals surface area contributed by atoms with Crippen molar-refractivity contribution in [1.82, 2.24) is 9.97 Å². The second-order valence-electron chi connectivity index (χ2n) is 4.00. The Bertz CT molecular complexity index is 345. The average Bonchev–Trinajstić information content (AvgIpc) is 2.38. The molecule has 0 spiro atoms. The van der Waals surface area contributed by atoms with Crippen LogP contribution in [0.3, 0.4) is 0 Å². The van der Waals surface area contributed by atoms with Crippen molar-refractivity contribution in [3.63, 3.8) is 0 Å². The van der Waals surface area contributed by atoms with Crippen LogP contribution in [-0.2, 0) is 4.74 Å². The Balaban J connectivity index is 2.35. The Morgan fingerprint density at radius 3 is 2.72 bits per heavy atom. The van der Waals surface area contributed by atoms with Crippen LogP contribution in [-0.4, -0.2) is 36.3 Å². The Morgan fingerprint density at radius 1 is 1.17 bits per heavy atom. The number of nitrogens with one attached hydrogen (secondary N) is 1. The highest BCUT2D eigenvalue weighted by Crippen LogP contribution is 2.19. The van der Waals surface area contributed by atoms with Crippen LogP contribution in [0.4, 0.5) is 5.82 Å². The van der Waals surface area contributed by atoms with E-state index in [0.29, 0.717) is 19.1 Å². The zero-order valence-electron chi connectivity index (χ0n) is 11.5. The maximum Gasteiger partial charge on any atom is 0.221 e. The van der Waals surface area contributed by atoms with E-state index in [4.69, 9.17) is 9.47 Å². The van der Waals surface area contributed by atoms with Crippen LogP contribution in [0.1, 0.15) is 32.3 Å². The minimum Gasteiger partial charge on any atom is -0.475 e. The van der Waals surface area contributed by atoms with E-state index in [1.54, 1.807) is 0 Å². The molecule has 5 heteroatoms. The third-order valence-corrected chi connectivity index (χ3v) is 2.49. The third kappa shape index (κ3) is 4.87. The zero-order chi connectivity index (χ0) is 13.2. The summed E-state index contributed by atoms with van der Waals surface area (Å²) in [7, 11) is 0. The van der Waals surface area contributed by atoms with Gasteiger partial charge in [-0.15, -0.1) is 0 Å². The summed E-state index contributed by atoms with van der Waals surface area (Å²) >= 11 is 0. The Morgan fingerprint density at radius 2 is 2.00 bits per heavy atom. The summed E-state index contributed by atoms with van der Waals surface area (Å²) in [6, 6.07) is 0. The molecule has 0 aromatic carbocycles. The van der Waals surface area contributed by atoms with Gasteiger partial charge < -0.3 is 14.8 Å². The van der Waals surface area contributed by atoms with Gasteiger partial charge in [-0.25, -0.2) is 9.97 Å². The number of ether oxygens (including phenoxy) is 2. The molecule has 0 aliphatic carbocycles. The predicted molar refractivity (Wildman–Crippen MR) is 72.2 cm³/mol. The number of hydrogen-bond donors (Lipinski definition) is 1. The molecule has 1 aromatic heterocycles. The number of nitrogens with zero attached hydrogens (tertiary/aromatic N) is 2. The Hall–Kier alpha value is -1.36. The number of hydrogen-bond acceptors (Lipinski definition) is 5. The number of aromatic nitrogens is 2. The van der Waals surface area contributed by atoms with Gasteiger partial charge in [0.05, 0.1) is 12.2 Å². The van der Waals surface area contributed by atoms with Crippen molar-refractivity contribution in [2.24, 2.45) is 0 Å². The van der Waals surface area contributed by atoms with Gasteiger partial charge in [-0.05, 0) is 20.3 Å². The van der Waals surface area contributed by atoms with E-state index in [2.05, 4.69) is 22.2 Å². The maximum absolute atomic E-state index is 5.59. The van der Waals surface area contributed by atoms with Gasteiger partial charge in [-0.3, -0.25) is 0 Å². The first-order valence-electron chi connectivity index (χ1n) is 6.55. The maximum atomic E-state index is 5.59. The van der Waals surface area contributed by atoms with E-state index in [-0.39, 0.29) is 0 Å². The second kappa shape index (κ2) is 8.69. The number of anilines is 1. The lowest BCUT2D eigenvalue weighted by Crippen LogP contribution is -2.10. The Kier molecular flexibility index (Phi) is 7.10. The topological polar surface area (TPSA) is 56.3 Å². The van der Waals surface area contributed by atoms with Crippen LogP contribution in [0.5, 0.6) is 5.88 Å². The van der Waals surface area contributed by atoms with Crippen LogP contribution in [0.15, 0.2) is 6.33 Å². The van der Waals surface area contributed by atoms with Gasteiger partial charge in [-0.1, -0.05) is 13.3 Å². The smallest absolute Gasteiger partial charge is 0.221 e. The van der Waals surface area contributed by atoms with Gasteiger partial charge in [0, 0.05) is 13.2 Å². The van der Waals surface area contributed by atoms with Crippen molar-refractivity contribution in [1.29, 1.82) is 0 Å². The summed E-state index contributed by atoms with van der Waals surface area (Å²) in [6.07, 6.45) is 3.76. The summed E-state index contributed by atoms with van der Waals surface area (Å²) < 4.78 is 11.0. The minimum atomic E-state index is 0.521. The van der Waals surface area contributed by atoms with Crippen LogP contribution in [0, 0.1) is 6.92 Å². The number of rotatable bonds is 9. The molecule has 0 bridgehead atoms. The molecule has 0 aliphatic rings. The van der Waals surface area contributed by atoms with E-state index in [1.165, 1.54) is 6.33 Å². The first-order chi connectivity index (χ1) is 8.79. The van der Waals surface area contributed by atoms with Crippen LogP contribution >= 0.6 is 0 Å². The van der Waals surface area contributed by atoms with Crippen LogP contribution in [0.2, 0.25) is 0 Å². The Labute approximate surface area is 109 Å². The highest BCUT2D eigenvalue weighted by atomic mass is 16.5. The minimum absolute atomic E-state index is 0.521. The molecule has 102 valence electrons. The van der Waals surface area contributed by atoms with Crippen molar-refractivity contribution in [3.05, 3.63) is 11.9 Å². The van der Waals surface area contributed by atoms with Crippen molar-refractivity contribution in [2.75, 3.05) is 31.7 Å². The molecule has 0 radical (unpaired) electrons. The van der Waals surface area contributed by atoms with E-state index < -0.39 is 0 Å². The fourth-order valence-electron chi connectivity index (χ4n) is 1.47. The standard InChI is InChI=1S/C13H23N3O2/c1-4-6-7-17-8-9-18-13-11(3)12(14-5-2)15-10-16-13/h10H,4-9H2,1-3H3,(H,14,15,16). The molecule has 5 nitrogen and oxygen atoms in total. The molecule has 0 saturated heterocycles. The monoisotopic (exact) mass is 253 g/mol. The summed E-state index contributed by atoms with van der Waals surface area (Å²) in [5.74, 6) is 1.45. The normalized spacial score (nSPS) is 10.4. The molecule has 0 amide bonds. The molecule has 0 unspecified atom stereocenters. The molecule has 1 heterocycles. The zero-order valence-corrected chi connectivity index (χ0v) is 11.5. The van der Waals surface area contributed by atoms with Gasteiger partial charge in [0.25, 0.3) is 0 Å². The molecular weight excluding hydrogens is 230 g/mol. The molecule has 0 saturated carbocycles. The van der Waals surface area contributed by atoms with E-state index in [9.17, 15) is 0 Å². The molecule has 0 aliphatic heterocycles. The van der Waals surface area contributed by atoms with Crippen molar-refractivity contribution >= 4 is 5.82 Å². The molecule has 18 heavy (non-hydrogen) atoms. The van der Waals surface area contributed by atoms with Gasteiger partial charge >= 0.3 is 0 Å². The van der Waals surface area contributed by atoms with Crippen molar-refractivity contribution in [2.45, 2.75) is 33.6 Å². The predicted octanol–water partition coefficient (Wildman–Crippen LogP) is 2.41. The van der Waals surface area contributed by atoms with E-state index in [1.807, 2.05) is 13.8 Å². The lowest BCUT2D eigenvalue weighted by atomic mass is 10.3. The summed E-state index contributed by atoms with van der Waals surface area (Å²) in [5.41, 5.74) is 0.938. The summed E-state index contributed by atoms with van der Waals surface area (Å²) in [5, 5.41) is 3.17. The molecule has 1 rings (SSSR count). The van der Waals surface area contributed by atoms with E-state index in [0.717, 1.165) is 37.4 Å². The molecule has 0 fully saturated rings. The fourth-order valence-corrected chi connectivity index (χ4v) is 1.47. The summed E-state index contributed by atoms with van der Waals surface area (Å²) in [6.45, 7) is 8.87. The van der Waals surface area contributed by atoms with Crippen LogP contribution < -0.4 is 10.1 Å². The SMILES string of the molecule is CCCCOCCOc1ncnc(NCC)c1C. The number of unbranched alkanes of at least 4 members (excludes halogenated alkanes) is 1. The quantitative estimate of drug-likeness (QED) is 0.685. The lowest BCUT2D eigenvalue weighted by Gasteiger charge is -2.11. The summed E-state index contributed by atoms with van der Waals surface area (Å²) in [4.78, 5) is 8.29. The second-order valence-corrected chi connectivity index (χ2v) is 4.00. The highest BCUT2D eigenvalue weighted by molar-refractivity contribution is 5.47. The van der Waals surface area contributed by atoms with Crippen molar-refractivity contribution in [3.8, 4) is 5.88 Å². The third-order valence-electron chi connectivity index (χ3n) is 2.49. The van der Waals surface area contributed by atoms with E-state index >= 15 is 0 Å². The largest absolute Gasteiger partial charge is 0.475 e. The fraction of sp³-hybridized carbons (Fsp3) is 0.692. The molecular formula is C13H23N3O2. The average molecular weight is 253 g/mol. The molecule has 1 N–H and O–H groups in total. The highest BCUT2D eigenvalue weighted by Gasteiger charge is 2.06. The van der Waals surface area contributed by atoms with Gasteiger partial charge in [0.2, 0.25) is 5.88 Å². The first kappa shape index (κ1) is 14.7. The lowest BCUT2D eigenvalue weighted by molar-refractivity contribution is 0.0962. The van der Waals surface area contributed by atoms with Crippen molar-refractivity contribution < 1.29 is 9.47 Å². The molecule has 0 atom stereocenters. The van der Waals surface area contributed by atoms with Gasteiger partial charge in [0.1, 0.15) is 18.8 Å². The van der Waals surface area contributed by atoms with Crippen LogP contribution in [0.25, 0.3) is 0 Å².